The summed E-state index contributed by atoms with van der Waals surface area (Å²) in [6.07, 6.45) is -0.0589. The van der Waals surface area contributed by atoms with Gasteiger partial charge in [0.15, 0.2) is 5.57 Å². The number of carbonyl (C=O) groups excluding carboxylic acids is 2. The number of allylic oxidation sites excluding steroid dienone is 1. The number of halogens is 1. The Balaban J connectivity index is 1.50. The van der Waals surface area contributed by atoms with Gasteiger partial charge in [-0.15, -0.1) is 0 Å². The number of para-hydroxylation sites is 1. The number of hydrogen-bond donors (Lipinski definition) is 1. The van der Waals surface area contributed by atoms with Gasteiger partial charge in [0.2, 0.25) is 11.8 Å². The van der Waals surface area contributed by atoms with Gasteiger partial charge in [-0.1, -0.05) is 41.6 Å². The Labute approximate surface area is 211 Å². The molecule has 1 heterocycles. The summed E-state index contributed by atoms with van der Waals surface area (Å²) in [6, 6.07) is 26.2. The van der Waals surface area contributed by atoms with Crippen molar-refractivity contribution in [1.82, 2.24) is 0 Å². The molecule has 3 aromatic carbocycles. The lowest BCUT2D eigenvalue weighted by atomic mass is 10.2. The van der Waals surface area contributed by atoms with Crippen molar-refractivity contribution in [3.05, 3.63) is 94.5 Å². The van der Waals surface area contributed by atoms with Gasteiger partial charge >= 0.3 is 0 Å². The Kier molecular flexibility index (Phi) is 7.37. The molecule has 0 bridgehead atoms. The highest BCUT2D eigenvalue weighted by atomic mass is 35.5. The monoisotopic (exact) mass is 500 g/mol. The van der Waals surface area contributed by atoms with Crippen LogP contribution < -0.4 is 15.0 Å². The second kappa shape index (κ2) is 10.8. The SMILES string of the molecule is N#CC(C#N)=C(Nc1ccccc1)SC1CC(=O)N(c2ccc(Oc3ccc(Cl)cc3)cc2)C1=O. The fraction of sp³-hybridized carbons (Fsp3) is 0.0769. The van der Waals surface area contributed by atoms with Crippen LogP contribution in [0.3, 0.4) is 0 Å². The third kappa shape index (κ3) is 5.64. The lowest BCUT2D eigenvalue weighted by Gasteiger charge is -2.17. The van der Waals surface area contributed by atoms with Gasteiger partial charge in [-0.25, -0.2) is 4.90 Å². The highest BCUT2D eigenvalue weighted by Gasteiger charge is 2.41. The van der Waals surface area contributed by atoms with Crippen molar-refractivity contribution in [3.8, 4) is 23.6 Å². The van der Waals surface area contributed by atoms with Gasteiger partial charge in [0.1, 0.15) is 28.7 Å². The van der Waals surface area contributed by atoms with Crippen molar-refractivity contribution in [3.63, 3.8) is 0 Å². The Morgan fingerprint density at radius 3 is 2.14 bits per heavy atom. The number of nitrogens with zero attached hydrogens (tertiary/aromatic N) is 3. The van der Waals surface area contributed by atoms with Crippen LogP contribution in [0.5, 0.6) is 11.5 Å². The van der Waals surface area contributed by atoms with E-state index in [0.717, 1.165) is 16.7 Å². The van der Waals surface area contributed by atoms with E-state index in [-0.39, 0.29) is 22.9 Å². The molecule has 1 N–H and O–H groups in total. The van der Waals surface area contributed by atoms with Crippen LogP contribution in [0.2, 0.25) is 5.02 Å². The number of nitrogens with one attached hydrogen (secondary N) is 1. The maximum absolute atomic E-state index is 13.1. The normalized spacial score (nSPS) is 14.7. The molecule has 1 saturated heterocycles. The first-order valence-corrected chi connectivity index (χ1v) is 11.7. The number of ether oxygens (including phenoxy) is 1. The van der Waals surface area contributed by atoms with Crippen molar-refractivity contribution in [2.45, 2.75) is 11.7 Å². The first kappa shape index (κ1) is 23.9. The molecule has 2 amide bonds. The molecule has 1 fully saturated rings. The van der Waals surface area contributed by atoms with Crippen molar-refractivity contribution in [1.29, 1.82) is 10.5 Å². The van der Waals surface area contributed by atoms with Gasteiger partial charge < -0.3 is 10.1 Å². The highest BCUT2D eigenvalue weighted by molar-refractivity contribution is 8.04. The Bertz CT molecular complexity index is 1340. The molecule has 0 radical (unpaired) electrons. The molecule has 9 heteroatoms. The molecule has 1 unspecified atom stereocenters. The van der Waals surface area contributed by atoms with Crippen LogP contribution in [0.4, 0.5) is 11.4 Å². The van der Waals surface area contributed by atoms with Gasteiger partial charge in [-0.3, -0.25) is 9.59 Å². The maximum atomic E-state index is 13.1. The van der Waals surface area contributed by atoms with Gasteiger partial charge in [0.05, 0.1) is 10.9 Å². The van der Waals surface area contributed by atoms with E-state index in [1.807, 2.05) is 18.2 Å². The van der Waals surface area contributed by atoms with Crippen LogP contribution >= 0.6 is 23.4 Å². The lowest BCUT2D eigenvalue weighted by molar-refractivity contribution is -0.121. The predicted octanol–water partition coefficient (Wildman–Crippen LogP) is 5.87. The first-order chi connectivity index (χ1) is 17.0. The molecule has 4 rings (SSSR count). The molecular weight excluding hydrogens is 484 g/mol. The quantitative estimate of drug-likeness (QED) is 0.319. The average Bonchev–Trinajstić information content (AvgIpc) is 3.15. The summed E-state index contributed by atoms with van der Waals surface area (Å²) in [7, 11) is 0. The summed E-state index contributed by atoms with van der Waals surface area (Å²) < 4.78 is 5.76. The largest absolute Gasteiger partial charge is 0.457 e. The van der Waals surface area contributed by atoms with Gasteiger partial charge in [0.25, 0.3) is 0 Å². The molecule has 7 nitrogen and oxygen atoms in total. The molecule has 0 spiro atoms. The fourth-order valence-electron chi connectivity index (χ4n) is 3.34. The minimum atomic E-state index is -0.782. The Morgan fingerprint density at radius 2 is 1.54 bits per heavy atom. The zero-order chi connectivity index (χ0) is 24.8. The third-order valence-corrected chi connectivity index (χ3v) is 6.44. The summed E-state index contributed by atoms with van der Waals surface area (Å²) in [6.45, 7) is 0. The Morgan fingerprint density at radius 1 is 0.943 bits per heavy atom. The first-order valence-electron chi connectivity index (χ1n) is 10.4. The summed E-state index contributed by atoms with van der Waals surface area (Å²) in [5.41, 5.74) is 0.901. The second-order valence-corrected chi connectivity index (χ2v) is 9.00. The summed E-state index contributed by atoms with van der Waals surface area (Å²) >= 11 is 6.88. The zero-order valence-corrected chi connectivity index (χ0v) is 19.7. The average molecular weight is 501 g/mol. The Hall–Kier alpha value is -4.24. The number of carbonyl (C=O) groups is 2. The zero-order valence-electron chi connectivity index (χ0n) is 18.1. The number of anilines is 2. The van der Waals surface area contributed by atoms with E-state index in [4.69, 9.17) is 16.3 Å². The second-order valence-electron chi connectivity index (χ2n) is 7.35. The number of nitriles is 2. The topological polar surface area (TPSA) is 106 Å². The van der Waals surface area contributed by atoms with Crippen LogP contribution in [0, 0.1) is 22.7 Å². The van der Waals surface area contributed by atoms with E-state index in [1.165, 1.54) is 0 Å². The van der Waals surface area contributed by atoms with E-state index in [1.54, 1.807) is 72.8 Å². The molecule has 3 aromatic rings. The minimum Gasteiger partial charge on any atom is -0.457 e. The molecule has 35 heavy (non-hydrogen) atoms. The number of hydrogen-bond acceptors (Lipinski definition) is 7. The molecule has 172 valence electrons. The molecular formula is C26H17ClN4O3S. The van der Waals surface area contributed by atoms with Gasteiger partial charge in [-0.2, -0.15) is 10.5 Å². The van der Waals surface area contributed by atoms with E-state index >= 15 is 0 Å². The number of rotatable bonds is 7. The van der Waals surface area contributed by atoms with Crippen molar-refractivity contribution in [2.75, 3.05) is 10.2 Å². The van der Waals surface area contributed by atoms with Crippen LogP contribution in [-0.2, 0) is 9.59 Å². The number of thioether (sulfide) groups is 1. The maximum Gasteiger partial charge on any atom is 0.247 e. The van der Waals surface area contributed by atoms with Crippen LogP contribution in [0.15, 0.2) is 89.5 Å². The highest BCUT2D eigenvalue weighted by Crippen LogP contribution is 2.36. The van der Waals surface area contributed by atoms with Gasteiger partial charge in [0, 0.05) is 17.1 Å². The standard InChI is InChI=1S/C26H17ClN4O3S/c27-18-6-10-21(11-7-18)34-22-12-8-20(9-13-22)31-24(32)14-23(26(31)33)35-25(17(15-28)16-29)30-19-4-2-1-3-5-19/h1-13,23,30H,14H2. The molecule has 1 aliphatic rings. The minimum absolute atomic E-state index is 0.0589. The van der Waals surface area contributed by atoms with E-state index in [9.17, 15) is 20.1 Å². The molecule has 0 aliphatic carbocycles. The molecule has 1 atom stereocenters. The molecule has 0 saturated carbocycles. The van der Waals surface area contributed by atoms with Crippen LogP contribution in [-0.4, -0.2) is 17.1 Å². The molecule has 0 aromatic heterocycles. The number of imide groups is 1. The smallest absolute Gasteiger partial charge is 0.247 e. The molecule has 1 aliphatic heterocycles. The van der Waals surface area contributed by atoms with Crippen LogP contribution in [0.25, 0.3) is 0 Å². The van der Waals surface area contributed by atoms with E-state index in [0.29, 0.717) is 27.9 Å². The third-order valence-electron chi connectivity index (χ3n) is 4.99. The predicted molar refractivity (Wildman–Crippen MR) is 135 cm³/mol. The van der Waals surface area contributed by atoms with Crippen molar-refractivity contribution >= 4 is 46.6 Å². The van der Waals surface area contributed by atoms with Gasteiger partial charge in [-0.05, 0) is 60.7 Å². The van der Waals surface area contributed by atoms with Crippen molar-refractivity contribution in [2.24, 2.45) is 0 Å². The number of amides is 2. The lowest BCUT2D eigenvalue weighted by Crippen LogP contribution is -2.31. The number of benzene rings is 3. The van der Waals surface area contributed by atoms with E-state index in [2.05, 4.69) is 5.32 Å². The van der Waals surface area contributed by atoms with Crippen LogP contribution in [0.1, 0.15) is 6.42 Å². The van der Waals surface area contributed by atoms with Crippen molar-refractivity contribution < 1.29 is 14.3 Å². The summed E-state index contributed by atoms with van der Waals surface area (Å²) in [5.74, 6) is 0.344. The van der Waals surface area contributed by atoms with E-state index < -0.39 is 11.2 Å². The summed E-state index contributed by atoms with van der Waals surface area (Å²) in [4.78, 5) is 27.0. The summed E-state index contributed by atoms with van der Waals surface area (Å²) in [5, 5.41) is 21.8. The fourth-order valence-corrected chi connectivity index (χ4v) is 4.57.